The SMILES string of the molecule is COc1c(C)cc(C)cc1C(CN)N1CCOCC1. The summed E-state index contributed by atoms with van der Waals surface area (Å²) in [5.74, 6) is 0.965. The molecule has 0 saturated carbocycles. The fourth-order valence-electron chi connectivity index (χ4n) is 2.88. The molecule has 1 heterocycles. The van der Waals surface area contributed by atoms with Crippen molar-refractivity contribution in [2.75, 3.05) is 40.0 Å². The van der Waals surface area contributed by atoms with E-state index in [1.54, 1.807) is 7.11 Å². The topological polar surface area (TPSA) is 47.7 Å². The molecule has 0 aromatic heterocycles. The van der Waals surface area contributed by atoms with Crippen molar-refractivity contribution in [2.45, 2.75) is 19.9 Å². The largest absolute Gasteiger partial charge is 0.496 e. The third-order valence-electron chi connectivity index (χ3n) is 3.72. The van der Waals surface area contributed by atoms with Gasteiger partial charge in [-0.2, -0.15) is 0 Å². The van der Waals surface area contributed by atoms with Crippen molar-refractivity contribution in [1.82, 2.24) is 4.90 Å². The van der Waals surface area contributed by atoms with Gasteiger partial charge in [-0.25, -0.2) is 0 Å². The normalized spacial score (nSPS) is 18.3. The van der Waals surface area contributed by atoms with E-state index in [2.05, 4.69) is 30.9 Å². The van der Waals surface area contributed by atoms with Crippen LogP contribution in [0.2, 0.25) is 0 Å². The van der Waals surface area contributed by atoms with Crippen LogP contribution in [0.4, 0.5) is 0 Å². The molecule has 0 aliphatic carbocycles. The monoisotopic (exact) mass is 264 g/mol. The average molecular weight is 264 g/mol. The summed E-state index contributed by atoms with van der Waals surface area (Å²) in [6.45, 7) is 8.22. The van der Waals surface area contributed by atoms with Crippen molar-refractivity contribution in [2.24, 2.45) is 5.73 Å². The Morgan fingerprint density at radius 2 is 2.00 bits per heavy atom. The summed E-state index contributed by atoms with van der Waals surface area (Å²) in [4.78, 5) is 2.39. The summed E-state index contributed by atoms with van der Waals surface area (Å²) in [6.07, 6.45) is 0. The second-order valence-corrected chi connectivity index (χ2v) is 5.10. The average Bonchev–Trinajstić information content (AvgIpc) is 2.40. The summed E-state index contributed by atoms with van der Waals surface area (Å²) < 4.78 is 11.0. The molecule has 0 bridgehead atoms. The lowest BCUT2D eigenvalue weighted by molar-refractivity contribution is 0.0174. The van der Waals surface area contributed by atoms with Crippen LogP contribution in [0.15, 0.2) is 12.1 Å². The number of benzene rings is 1. The fourth-order valence-corrected chi connectivity index (χ4v) is 2.88. The number of rotatable bonds is 4. The van der Waals surface area contributed by atoms with Crippen molar-refractivity contribution < 1.29 is 9.47 Å². The summed E-state index contributed by atoms with van der Waals surface area (Å²) >= 11 is 0. The molecule has 1 aromatic carbocycles. The van der Waals surface area contributed by atoms with E-state index in [1.807, 2.05) is 0 Å². The molecule has 0 radical (unpaired) electrons. The Balaban J connectivity index is 2.36. The molecule has 1 aromatic rings. The first-order chi connectivity index (χ1) is 9.17. The van der Waals surface area contributed by atoms with E-state index < -0.39 is 0 Å². The van der Waals surface area contributed by atoms with Crippen LogP contribution in [-0.4, -0.2) is 44.9 Å². The Bertz CT molecular complexity index is 428. The van der Waals surface area contributed by atoms with E-state index >= 15 is 0 Å². The molecule has 0 amide bonds. The molecule has 1 aliphatic heterocycles. The molecule has 4 heteroatoms. The van der Waals surface area contributed by atoms with Crippen molar-refractivity contribution in [3.8, 4) is 5.75 Å². The van der Waals surface area contributed by atoms with Crippen LogP contribution in [-0.2, 0) is 4.74 Å². The highest BCUT2D eigenvalue weighted by molar-refractivity contribution is 5.45. The maximum atomic E-state index is 6.02. The molecule has 1 fully saturated rings. The number of nitrogens with two attached hydrogens (primary N) is 1. The van der Waals surface area contributed by atoms with Crippen molar-refractivity contribution in [1.29, 1.82) is 0 Å². The van der Waals surface area contributed by atoms with Gasteiger partial charge in [-0.3, -0.25) is 4.90 Å². The van der Waals surface area contributed by atoms with Gasteiger partial charge in [0.25, 0.3) is 0 Å². The Hall–Kier alpha value is -1.10. The summed E-state index contributed by atoms with van der Waals surface area (Å²) in [5, 5.41) is 0. The Labute approximate surface area is 115 Å². The highest BCUT2D eigenvalue weighted by Gasteiger charge is 2.24. The van der Waals surface area contributed by atoms with Gasteiger partial charge in [0.1, 0.15) is 5.75 Å². The van der Waals surface area contributed by atoms with Crippen molar-refractivity contribution in [3.05, 3.63) is 28.8 Å². The van der Waals surface area contributed by atoms with Crippen LogP contribution < -0.4 is 10.5 Å². The number of morpholine rings is 1. The highest BCUT2D eigenvalue weighted by atomic mass is 16.5. The van der Waals surface area contributed by atoms with E-state index in [0.717, 1.165) is 32.1 Å². The smallest absolute Gasteiger partial charge is 0.126 e. The Kier molecular flexibility index (Phi) is 4.80. The lowest BCUT2D eigenvalue weighted by atomic mass is 9.98. The number of hydrogen-bond donors (Lipinski definition) is 1. The quantitative estimate of drug-likeness (QED) is 0.898. The van der Waals surface area contributed by atoms with Gasteiger partial charge in [-0.15, -0.1) is 0 Å². The van der Waals surface area contributed by atoms with E-state index in [4.69, 9.17) is 15.2 Å². The molecule has 1 aliphatic rings. The van der Waals surface area contributed by atoms with Gasteiger partial charge in [-0.05, 0) is 19.4 Å². The first-order valence-electron chi connectivity index (χ1n) is 6.84. The molecule has 4 nitrogen and oxygen atoms in total. The van der Waals surface area contributed by atoms with E-state index in [-0.39, 0.29) is 6.04 Å². The molecular weight excluding hydrogens is 240 g/mol. The number of ether oxygens (including phenoxy) is 2. The van der Waals surface area contributed by atoms with E-state index in [0.29, 0.717) is 6.54 Å². The number of hydrogen-bond acceptors (Lipinski definition) is 4. The highest BCUT2D eigenvalue weighted by Crippen LogP contribution is 2.33. The zero-order valence-corrected chi connectivity index (χ0v) is 12.1. The molecule has 0 spiro atoms. The van der Waals surface area contributed by atoms with Gasteiger partial charge in [0.05, 0.1) is 26.4 Å². The van der Waals surface area contributed by atoms with Gasteiger partial charge in [-0.1, -0.05) is 17.7 Å². The molecule has 19 heavy (non-hydrogen) atoms. The Morgan fingerprint density at radius 1 is 1.32 bits per heavy atom. The number of nitrogens with zero attached hydrogens (tertiary/aromatic N) is 1. The van der Waals surface area contributed by atoms with Crippen LogP contribution in [0.25, 0.3) is 0 Å². The van der Waals surface area contributed by atoms with Gasteiger partial charge >= 0.3 is 0 Å². The third kappa shape index (κ3) is 3.08. The lowest BCUT2D eigenvalue weighted by Crippen LogP contribution is -2.42. The molecule has 106 valence electrons. The van der Waals surface area contributed by atoms with Gasteiger partial charge in [0.2, 0.25) is 0 Å². The molecule has 1 unspecified atom stereocenters. The van der Waals surface area contributed by atoms with Crippen LogP contribution in [0, 0.1) is 13.8 Å². The predicted octanol–water partition coefficient (Wildman–Crippen LogP) is 1.64. The maximum absolute atomic E-state index is 6.02. The van der Waals surface area contributed by atoms with E-state index in [1.165, 1.54) is 16.7 Å². The molecular formula is C15H24N2O2. The molecule has 1 atom stereocenters. The van der Waals surface area contributed by atoms with Crippen LogP contribution in [0.3, 0.4) is 0 Å². The zero-order valence-electron chi connectivity index (χ0n) is 12.1. The first kappa shape index (κ1) is 14.3. The molecule has 2 N–H and O–H groups in total. The van der Waals surface area contributed by atoms with Gasteiger partial charge < -0.3 is 15.2 Å². The molecule has 2 rings (SSSR count). The van der Waals surface area contributed by atoms with Gasteiger partial charge in [0, 0.05) is 25.2 Å². The third-order valence-corrected chi connectivity index (χ3v) is 3.72. The fraction of sp³-hybridized carbons (Fsp3) is 0.600. The van der Waals surface area contributed by atoms with Crippen LogP contribution >= 0.6 is 0 Å². The second-order valence-electron chi connectivity index (χ2n) is 5.10. The predicted molar refractivity (Wildman–Crippen MR) is 76.7 cm³/mol. The summed E-state index contributed by atoms with van der Waals surface area (Å²) in [5.41, 5.74) is 9.64. The standard InChI is InChI=1S/C15H24N2O2/c1-11-8-12(2)15(18-3)13(9-11)14(10-16)17-4-6-19-7-5-17/h8-9,14H,4-7,10,16H2,1-3H3. The van der Waals surface area contributed by atoms with Crippen molar-refractivity contribution >= 4 is 0 Å². The minimum atomic E-state index is 0.206. The van der Waals surface area contributed by atoms with Crippen LogP contribution in [0.1, 0.15) is 22.7 Å². The summed E-state index contributed by atoms with van der Waals surface area (Å²) in [6, 6.07) is 4.55. The minimum Gasteiger partial charge on any atom is -0.496 e. The number of aryl methyl sites for hydroxylation is 2. The first-order valence-corrected chi connectivity index (χ1v) is 6.84. The molecule has 1 saturated heterocycles. The summed E-state index contributed by atoms with van der Waals surface area (Å²) in [7, 11) is 1.73. The van der Waals surface area contributed by atoms with Crippen molar-refractivity contribution in [3.63, 3.8) is 0 Å². The second kappa shape index (κ2) is 6.37. The zero-order chi connectivity index (χ0) is 13.8. The minimum absolute atomic E-state index is 0.206. The Morgan fingerprint density at radius 3 is 2.58 bits per heavy atom. The van der Waals surface area contributed by atoms with E-state index in [9.17, 15) is 0 Å². The van der Waals surface area contributed by atoms with Gasteiger partial charge in [0.15, 0.2) is 0 Å². The maximum Gasteiger partial charge on any atom is 0.126 e. The number of methoxy groups -OCH3 is 1. The lowest BCUT2D eigenvalue weighted by Gasteiger charge is -2.35. The van der Waals surface area contributed by atoms with Crippen LogP contribution in [0.5, 0.6) is 5.75 Å².